The van der Waals surface area contributed by atoms with Crippen molar-refractivity contribution in [3.8, 4) is 11.1 Å². The number of halogens is 2. The van der Waals surface area contributed by atoms with Crippen molar-refractivity contribution in [1.29, 1.82) is 0 Å². The molecule has 1 aliphatic carbocycles. The normalized spacial score (nSPS) is 14.8. The van der Waals surface area contributed by atoms with E-state index in [0.717, 1.165) is 32.2 Å². The maximum absolute atomic E-state index is 12.2. The van der Waals surface area contributed by atoms with Crippen LogP contribution in [0.25, 0.3) is 11.1 Å². The molecule has 0 spiro atoms. The number of nitrogens with zero attached hydrogens (tertiary/aromatic N) is 4. The van der Waals surface area contributed by atoms with Gasteiger partial charge in [0.05, 0.1) is 0 Å². The van der Waals surface area contributed by atoms with Gasteiger partial charge in [-0.1, -0.05) is 37.0 Å². The fraction of sp³-hybridized carbons (Fsp3) is 0.333. The molecule has 0 fully saturated rings. The molecule has 1 unspecified atom stereocenters. The summed E-state index contributed by atoms with van der Waals surface area (Å²) in [4.78, 5) is 28.1. The molecule has 2 aromatic rings. The van der Waals surface area contributed by atoms with Crippen LogP contribution >= 0.6 is 31.9 Å². The molecule has 9 heteroatoms. The Hall–Kier alpha value is -1.84. The highest BCUT2D eigenvalue weighted by Crippen LogP contribution is 2.41. The van der Waals surface area contributed by atoms with E-state index in [4.69, 9.17) is 4.84 Å². The molecule has 1 amide bonds. The number of rotatable bonds is 6. The van der Waals surface area contributed by atoms with Gasteiger partial charge in [-0.15, -0.1) is 0 Å². The van der Waals surface area contributed by atoms with Crippen LogP contribution in [-0.2, 0) is 9.63 Å². The van der Waals surface area contributed by atoms with Crippen LogP contribution in [0.1, 0.15) is 18.2 Å². The monoisotopic (exact) mass is 495 g/mol. The van der Waals surface area contributed by atoms with E-state index in [0.29, 0.717) is 18.0 Å². The van der Waals surface area contributed by atoms with Crippen molar-refractivity contribution in [2.45, 2.75) is 13.0 Å². The van der Waals surface area contributed by atoms with Gasteiger partial charge in [0.2, 0.25) is 6.10 Å². The fourth-order valence-electron chi connectivity index (χ4n) is 2.68. The first-order valence-corrected chi connectivity index (χ1v) is 9.93. The van der Waals surface area contributed by atoms with E-state index in [-0.39, 0.29) is 5.91 Å². The van der Waals surface area contributed by atoms with Crippen LogP contribution in [0.2, 0.25) is 0 Å². The largest absolute Gasteiger partial charge is 0.382 e. The highest BCUT2D eigenvalue weighted by atomic mass is 79.9. The van der Waals surface area contributed by atoms with Crippen LogP contribution < -0.4 is 5.32 Å². The minimum absolute atomic E-state index is 0.211. The van der Waals surface area contributed by atoms with Gasteiger partial charge >= 0.3 is 0 Å². The zero-order chi connectivity index (χ0) is 19.6. The van der Waals surface area contributed by atoms with Crippen LogP contribution in [-0.4, -0.2) is 59.8 Å². The maximum Gasteiger partial charge on any atom is 0.263 e. The molecule has 0 bridgehead atoms. The second-order valence-electron chi connectivity index (χ2n) is 6.38. The van der Waals surface area contributed by atoms with Crippen molar-refractivity contribution in [3.05, 3.63) is 44.9 Å². The first kappa shape index (κ1) is 19.9. The van der Waals surface area contributed by atoms with Crippen LogP contribution in [0.4, 0.5) is 0 Å². The molecule has 1 aliphatic rings. The number of oxime groups is 1. The molecule has 1 N–H and O–H groups in total. The van der Waals surface area contributed by atoms with Crippen molar-refractivity contribution in [2.75, 3.05) is 27.2 Å². The Morgan fingerprint density at radius 2 is 2.11 bits per heavy atom. The second-order valence-corrected chi connectivity index (χ2v) is 8.15. The van der Waals surface area contributed by atoms with Gasteiger partial charge in [-0.05, 0) is 38.7 Å². The van der Waals surface area contributed by atoms with Crippen LogP contribution in [0.3, 0.4) is 0 Å². The Morgan fingerprint density at radius 3 is 2.85 bits per heavy atom. The van der Waals surface area contributed by atoms with Gasteiger partial charge in [-0.25, -0.2) is 9.97 Å². The lowest BCUT2D eigenvalue weighted by Gasteiger charge is -2.13. The minimum Gasteiger partial charge on any atom is -0.382 e. The summed E-state index contributed by atoms with van der Waals surface area (Å²) in [6, 6.07) is 3.92. The zero-order valence-corrected chi connectivity index (χ0v) is 18.3. The summed E-state index contributed by atoms with van der Waals surface area (Å²) in [5, 5.41) is 7.10. The topological polar surface area (TPSA) is 79.7 Å². The summed E-state index contributed by atoms with van der Waals surface area (Å²) in [7, 11) is 3.90. The van der Waals surface area contributed by atoms with E-state index >= 15 is 0 Å². The molecule has 0 radical (unpaired) electrons. The van der Waals surface area contributed by atoms with Gasteiger partial charge in [0.25, 0.3) is 5.91 Å². The summed E-state index contributed by atoms with van der Waals surface area (Å²) in [5.74, 6) is -0.211. The molecule has 142 valence electrons. The Kier molecular flexibility index (Phi) is 6.23. The third-order valence-corrected chi connectivity index (χ3v) is 5.13. The molecule has 1 aromatic heterocycles. The van der Waals surface area contributed by atoms with E-state index < -0.39 is 6.10 Å². The second kappa shape index (κ2) is 8.45. The molecule has 0 saturated carbocycles. The summed E-state index contributed by atoms with van der Waals surface area (Å²) in [6.07, 6.45) is 2.50. The van der Waals surface area contributed by atoms with E-state index in [1.807, 2.05) is 31.1 Å². The molecule has 0 saturated heterocycles. The van der Waals surface area contributed by atoms with Crippen molar-refractivity contribution in [3.63, 3.8) is 0 Å². The van der Waals surface area contributed by atoms with Gasteiger partial charge in [0.15, 0.2) is 0 Å². The predicted octanol–water partition coefficient (Wildman–Crippen LogP) is 2.82. The third kappa shape index (κ3) is 4.36. The molecular formula is C18H19Br2N5O2. The quantitative estimate of drug-likeness (QED) is 0.531. The van der Waals surface area contributed by atoms with Gasteiger partial charge in [-0.3, -0.25) is 4.79 Å². The number of amides is 1. The van der Waals surface area contributed by atoms with Crippen LogP contribution in [0, 0.1) is 0 Å². The lowest BCUT2D eigenvalue weighted by atomic mass is 10.1. The first-order valence-electron chi connectivity index (χ1n) is 8.35. The van der Waals surface area contributed by atoms with Gasteiger partial charge in [0, 0.05) is 39.4 Å². The van der Waals surface area contributed by atoms with Gasteiger partial charge < -0.3 is 15.1 Å². The molecule has 27 heavy (non-hydrogen) atoms. The smallest absolute Gasteiger partial charge is 0.263 e. The summed E-state index contributed by atoms with van der Waals surface area (Å²) >= 11 is 7.09. The lowest BCUT2D eigenvalue weighted by molar-refractivity contribution is -0.131. The van der Waals surface area contributed by atoms with Gasteiger partial charge in [-0.2, -0.15) is 0 Å². The number of carbonyl (C=O) groups is 1. The summed E-state index contributed by atoms with van der Waals surface area (Å²) in [5.41, 5.74) is 3.96. The van der Waals surface area contributed by atoms with Crippen molar-refractivity contribution in [2.24, 2.45) is 5.16 Å². The Labute approximate surface area is 174 Å². The van der Waals surface area contributed by atoms with Gasteiger partial charge in [0.1, 0.15) is 17.7 Å². The van der Waals surface area contributed by atoms with Crippen molar-refractivity contribution in [1.82, 2.24) is 20.2 Å². The van der Waals surface area contributed by atoms with Crippen LogP contribution in [0.15, 0.2) is 38.8 Å². The molecular weight excluding hydrogens is 478 g/mol. The summed E-state index contributed by atoms with van der Waals surface area (Å²) in [6.45, 7) is 2.98. The standard InChI is InChI=1S/C18H19Br2N5O2/c1-10(18(26)22-4-5-25(2)3)27-24-17-15-12(6-11(19)7-14(15)20)13-8-21-9-23-16(13)17/h6-10H,4-5H2,1-3H3,(H,22,26). The highest BCUT2D eigenvalue weighted by Gasteiger charge is 2.30. The van der Waals surface area contributed by atoms with Crippen molar-refractivity contribution >= 4 is 43.5 Å². The maximum atomic E-state index is 12.2. The lowest BCUT2D eigenvalue weighted by Crippen LogP contribution is -2.37. The van der Waals surface area contributed by atoms with Crippen molar-refractivity contribution < 1.29 is 9.63 Å². The highest BCUT2D eigenvalue weighted by molar-refractivity contribution is 9.11. The fourth-order valence-corrected chi connectivity index (χ4v) is 4.09. The van der Waals surface area contributed by atoms with E-state index in [1.165, 1.54) is 6.33 Å². The number of likely N-dealkylation sites (N-methyl/N-ethyl adjacent to an activating group) is 1. The Balaban J connectivity index is 1.83. The number of aromatic nitrogens is 2. The number of nitrogens with one attached hydrogen (secondary N) is 1. The zero-order valence-electron chi connectivity index (χ0n) is 15.2. The average Bonchev–Trinajstić information content (AvgIpc) is 2.93. The molecule has 0 aliphatic heterocycles. The number of fused-ring (bicyclic) bond motifs is 3. The van der Waals surface area contributed by atoms with E-state index in [9.17, 15) is 4.79 Å². The molecule has 7 nitrogen and oxygen atoms in total. The van der Waals surface area contributed by atoms with Crippen LogP contribution in [0.5, 0.6) is 0 Å². The Bertz CT molecular complexity index is 901. The SMILES string of the molecule is CC(ON=C1c2ncncc2-c2cc(Br)cc(Br)c21)C(=O)NCCN(C)C. The Morgan fingerprint density at radius 1 is 1.33 bits per heavy atom. The molecule has 1 heterocycles. The number of carbonyl (C=O) groups excluding carboxylic acids is 1. The van der Waals surface area contributed by atoms with E-state index in [1.54, 1.807) is 13.1 Å². The minimum atomic E-state index is -0.719. The number of benzene rings is 1. The summed E-state index contributed by atoms with van der Waals surface area (Å²) < 4.78 is 1.79. The first-order chi connectivity index (χ1) is 12.9. The number of hydrogen-bond donors (Lipinski definition) is 1. The predicted molar refractivity (Wildman–Crippen MR) is 111 cm³/mol. The number of hydrogen-bond acceptors (Lipinski definition) is 6. The molecule has 1 atom stereocenters. The molecule has 1 aromatic carbocycles. The van der Waals surface area contributed by atoms with E-state index in [2.05, 4.69) is 52.3 Å². The average molecular weight is 497 g/mol. The molecule has 3 rings (SSSR count). The third-order valence-electron chi connectivity index (χ3n) is 4.05.